The van der Waals surface area contributed by atoms with Crippen molar-refractivity contribution in [1.82, 2.24) is 10.1 Å². The highest BCUT2D eigenvalue weighted by Gasteiger charge is 2.13. The number of rotatable bonds is 4. The highest BCUT2D eigenvalue weighted by molar-refractivity contribution is 9.10. The maximum atomic E-state index is 12.3. The molecule has 2 amide bonds. The topological polar surface area (TPSA) is 97.1 Å². The minimum absolute atomic E-state index is 0.103. The lowest BCUT2D eigenvalue weighted by atomic mass is 10.2. The molecule has 8 heteroatoms. The van der Waals surface area contributed by atoms with Crippen LogP contribution in [0, 0.1) is 6.92 Å². The first-order valence-electron chi connectivity index (χ1n) is 7.29. The van der Waals surface area contributed by atoms with E-state index in [0.717, 1.165) is 4.47 Å². The molecule has 0 bridgehead atoms. The zero-order chi connectivity index (χ0) is 17.8. The average molecular weight is 401 g/mol. The van der Waals surface area contributed by atoms with Crippen LogP contribution in [0.4, 0.5) is 11.5 Å². The van der Waals surface area contributed by atoms with Crippen LogP contribution in [0.3, 0.4) is 0 Å². The Balaban J connectivity index is 1.71. The second-order valence-electron chi connectivity index (χ2n) is 5.18. The maximum absolute atomic E-state index is 12.3. The summed E-state index contributed by atoms with van der Waals surface area (Å²) in [6, 6.07) is 11.5. The van der Waals surface area contributed by atoms with Gasteiger partial charge in [-0.25, -0.2) is 4.98 Å². The monoisotopic (exact) mass is 400 g/mol. The minimum atomic E-state index is -0.437. The van der Waals surface area contributed by atoms with Gasteiger partial charge in [-0.15, -0.1) is 0 Å². The van der Waals surface area contributed by atoms with E-state index < -0.39 is 5.91 Å². The standard InChI is InChI=1S/C17H13BrN4O3/c1-10-7-14(25-22-10)17(24)20-13-4-2-3-11(8-13)16(23)21-15-6-5-12(18)9-19-15/h2-9H,1H3,(H,20,24)(H,19,21,23). The summed E-state index contributed by atoms with van der Waals surface area (Å²) in [6.45, 7) is 1.72. The van der Waals surface area contributed by atoms with Crippen molar-refractivity contribution in [2.45, 2.75) is 6.92 Å². The Morgan fingerprint density at radius 1 is 1.08 bits per heavy atom. The molecule has 2 heterocycles. The molecule has 2 N–H and O–H groups in total. The van der Waals surface area contributed by atoms with E-state index >= 15 is 0 Å². The number of hydrogen-bond donors (Lipinski definition) is 2. The molecule has 0 aliphatic carbocycles. The fraction of sp³-hybridized carbons (Fsp3) is 0.0588. The smallest absolute Gasteiger partial charge is 0.294 e. The molecule has 3 rings (SSSR count). The van der Waals surface area contributed by atoms with Gasteiger partial charge >= 0.3 is 0 Å². The van der Waals surface area contributed by atoms with Gasteiger partial charge in [0.1, 0.15) is 5.82 Å². The van der Waals surface area contributed by atoms with Gasteiger partial charge in [-0.1, -0.05) is 11.2 Å². The summed E-state index contributed by atoms with van der Waals surface area (Å²) in [4.78, 5) is 28.5. The fourth-order valence-electron chi connectivity index (χ4n) is 2.04. The average Bonchev–Trinajstić information content (AvgIpc) is 3.04. The third-order valence-corrected chi connectivity index (χ3v) is 3.67. The van der Waals surface area contributed by atoms with Gasteiger partial charge in [0, 0.05) is 28.0 Å². The van der Waals surface area contributed by atoms with E-state index in [4.69, 9.17) is 4.52 Å². The van der Waals surface area contributed by atoms with Crippen LogP contribution >= 0.6 is 15.9 Å². The molecule has 0 atom stereocenters. The van der Waals surface area contributed by atoms with Crippen molar-refractivity contribution in [3.63, 3.8) is 0 Å². The van der Waals surface area contributed by atoms with Gasteiger partial charge in [0.05, 0.1) is 5.69 Å². The van der Waals surface area contributed by atoms with Gasteiger partial charge in [-0.05, 0) is 53.2 Å². The molecule has 2 aromatic heterocycles. The van der Waals surface area contributed by atoms with E-state index in [0.29, 0.717) is 22.8 Å². The van der Waals surface area contributed by atoms with E-state index in [1.165, 1.54) is 6.07 Å². The van der Waals surface area contributed by atoms with Crippen LogP contribution < -0.4 is 10.6 Å². The summed E-state index contributed by atoms with van der Waals surface area (Å²) < 4.78 is 5.73. The lowest BCUT2D eigenvalue weighted by Gasteiger charge is -2.07. The largest absolute Gasteiger partial charge is 0.351 e. The molecule has 7 nitrogen and oxygen atoms in total. The zero-order valence-corrected chi connectivity index (χ0v) is 14.7. The number of pyridine rings is 1. The van der Waals surface area contributed by atoms with Gasteiger partial charge in [-0.2, -0.15) is 0 Å². The Labute approximate surface area is 151 Å². The van der Waals surface area contributed by atoms with Crippen molar-refractivity contribution in [3.05, 3.63) is 70.2 Å². The first-order valence-corrected chi connectivity index (χ1v) is 8.08. The van der Waals surface area contributed by atoms with Crippen molar-refractivity contribution >= 4 is 39.2 Å². The predicted molar refractivity (Wildman–Crippen MR) is 95.5 cm³/mol. The molecule has 25 heavy (non-hydrogen) atoms. The predicted octanol–water partition coefficient (Wildman–Crippen LogP) is 3.65. The molecule has 0 fully saturated rings. The van der Waals surface area contributed by atoms with Crippen LogP contribution in [0.15, 0.2) is 57.7 Å². The number of hydrogen-bond acceptors (Lipinski definition) is 5. The number of carbonyl (C=O) groups excluding carboxylic acids is 2. The summed E-state index contributed by atoms with van der Waals surface area (Å²) >= 11 is 3.28. The van der Waals surface area contributed by atoms with Crippen molar-refractivity contribution in [3.8, 4) is 0 Å². The van der Waals surface area contributed by atoms with Crippen LogP contribution in [0.25, 0.3) is 0 Å². The number of halogens is 1. The van der Waals surface area contributed by atoms with E-state index in [1.54, 1.807) is 49.5 Å². The number of aryl methyl sites for hydroxylation is 1. The SMILES string of the molecule is Cc1cc(C(=O)Nc2cccc(C(=O)Nc3ccc(Br)cn3)c2)on1. The fourth-order valence-corrected chi connectivity index (χ4v) is 2.27. The summed E-state index contributed by atoms with van der Waals surface area (Å²) in [5.41, 5.74) is 1.46. The summed E-state index contributed by atoms with van der Waals surface area (Å²) in [7, 11) is 0. The van der Waals surface area contributed by atoms with Crippen LogP contribution in [0.1, 0.15) is 26.6 Å². The second kappa shape index (κ2) is 7.27. The molecule has 0 radical (unpaired) electrons. The van der Waals surface area contributed by atoms with E-state index in [-0.39, 0.29) is 11.7 Å². The first-order chi connectivity index (χ1) is 12.0. The Morgan fingerprint density at radius 3 is 2.60 bits per heavy atom. The van der Waals surface area contributed by atoms with E-state index in [9.17, 15) is 9.59 Å². The van der Waals surface area contributed by atoms with Crippen LogP contribution in [-0.2, 0) is 0 Å². The molecule has 0 unspecified atom stereocenters. The molecule has 3 aromatic rings. The lowest BCUT2D eigenvalue weighted by molar-refractivity contribution is 0.0985. The molecule has 0 saturated heterocycles. The number of anilines is 2. The number of benzene rings is 1. The maximum Gasteiger partial charge on any atom is 0.294 e. The Morgan fingerprint density at radius 2 is 1.92 bits per heavy atom. The van der Waals surface area contributed by atoms with Crippen molar-refractivity contribution in [2.24, 2.45) is 0 Å². The minimum Gasteiger partial charge on any atom is -0.351 e. The second-order valence-corrected chi connectivity index (χ2v) is 6.10. The first kappa shape index (κ1) is 16.8. The summed E-state index contributed by atoms with van der Waals surface area (Å²) in [5, 5.41) is 9.02. The summed E-state index contributed by atoms with van der Waals surface area (Å²) in [6.07, 6.45) is 1.59. The van der Waals surface area contributed by atoms with Gasteiger partial charge in [-0.3, -0.25) is 9.59 Å². The van der Waals surface area contributed by atoms with Crippen LogP contribution in [-0.4, -0.2) is 22.0 Å². The molecule has 0 spiro atoms. The van der Waals surface area contributed by atoms with Gasteiger partial charge in [0.25, 0.3) is 11.8 Å². The van der Waals surface area contributed by atoms with Gasteiger partial charge < -0.3 is 15.2 Å². The number of carbonyl (C=O) groups is 2. The molecular weight excluding hydrogens is 388 g/mol. The molecule has 0 aliphatic rings. The summed E-state index contributed by atoms with van der Waals surface area (Å²) in [5.74, 6) is -0.236. The van der Waals surface area contributed by atoms with Gasteiger partial charge in [0.15, 0.2) is 0 Å². The number of amides is 2. The van der Waals surface area contributed by atoms with Crippen molar-refractivity contribution in [1.29, 1.82) is 0 Å². The molecule has 0 aliphatic heterocycles. The third kappa shape index (κ3) is 4.30. The highest BCUT2D eigenvalue weighted by atomic mass is 79.9. The highest BCUT2D eigenvalue weighted by Crippen LogP contribution is 2.15. The zero-order valence-electron chi connectivity index (χ0n) is 13.1. The Bertz CT molecular complexity index is 922. The normalized spacial score (nSPS) is 10.3. The Hall–Kier alpha value is -3.00. The van der Waals surface area contributed by atoms with Crippen LogP contribution in [0.5, 0.6) is 0 Å². The number of aromatic nitrogens is 2. The van der Waals surface area contributed by atoms with Gasteiger partial charge in [0.2, 0.25) is 5.76 Å². The van der Waals surface area contributed by atoms with Crippen molar-refractivity contribution < 1.29 is 14.1 Å². The Kier molecular flexibility index (Phi) is 4.90. The number of nitrogens with zero attached hydrogens (tertiary/aromatic N) is 2. The van der Waals surface area contributed by atoms with Crippen LogP contribution in [0.2, 0.25) is 0 Å². The molecular formula is C17H13BrN4O3. The molecule has 0 saturated carbocycles. The quantitative estimate of drug-likeness (QED) is 0.696. The lowest BCUT2D eigenvalue weighted by Crippen LogP contribution is -2.14. The van der Waals surface area contributed by atoms with Crippen molar-refractivity contribution in [2.75, 3.05) is 10.6 Å². The van der Waals surface area contributed by atoms with E-state index in [1.807, 2.05) is 0 Å². The van der Waals surface area contributed by atoms with E-state index in [2.05, 4.69) is 36.7 Å². The number of nitrogens with one attached hydrogen (secondary N) is 2. The molecule has 1 aromatic carbocycles. The molecule has 126 valence electrons. The third-order valence-electron chi connectivity index (χ3n) is 3.20.